The van der Waals surface area contributed by atoms with E-state index >= 15 is 0 Å². The Morgan fingerprint density at radius 2 is 1.84 bits per heavy atom. The fourth-order valence-corrected chi connectivity index (χ4v) is 1.79. The Labute approximate surface area is 112 Å². The molecule has 2 rings (SSSR count). The van der Waals surface area contributed by atoms with Crippen LogP contribution >= 0.6 is 0 Å². The molecule has 0 unspecified atom stereocenters. The molecule has 1 heterocycles. The number of rotatable bonds is 3. The summed E-state index contributed by atoms with van der Waals surface area (Å²) in [5, 5.41) is 0. The molecule has 5 nitrogen and oxygen atoms in total. The number of cyclic esters (lactones) is 1. The summed E-state index contributed by atoms with van der Waals surface area (Å²) in [5.41, 5.74) is 1.88. The van der Waals surface area contributed by atoms with Crippen LogP contribution in [0.15, 0.2) is 30.0 Å². The van der Waals surface area contributed by atoms with Crippen LogP contribution in [-0.2, 0) is 9.53 Å². The molecule has 0 aromatic heterocycles. The number of anilines is 1. The molecule has 1 saturated heterocycles. The van der Waals surface area contributed by atoms with Gasteiger partial charge in [-0.05, 0) is 30.7 Å². The lowest BCUT2D eigenvalue weighted by molar-refractivity contribution is -0.123. The van der Waals surface area contributed by atoms with Crippen LogP contribution in [0.5, 0.6) is 0 Å². The van der Waals surface area contributed by atoms with Gasteiger partial charge in [0, 0.05) is 26.3 Å². The number of benzene rings is 1. The van der Waals surface area contributed by atoms with Gasteiger partial charge in [0.25, 0.3) is 5.91 Å². The van der Waals surface area contributed by atoms with E-state index < -0.39 is 6.09 Å². The van der Waals surface area contributed by atoms with Crippen molar-refractivity contribution in [2.45, 2.75) is 6.92 Å². The van der Waals surface area contributed by atoms with Crippen LogP contribution in [-0.4, -0.2) is 37.5 Å². The summed E-state index contributed by atoms with van der Waals surface area (Å²) in [5.74, 6) is -0.311. The van der Waals surface area contributed by atoms with Gasteiger partial charge in [-0.25, -0.2) is 9.69 Å². The van der Waals surface area contributed by atoms with Gasteiger partial charge in [0.2, 0.25) is 0 Å². The monoisotopic (exact) mass is 260 g/mol. The molecule has 100 valence electrons. The molecule has 0 spiro atoms. The third kappa shape index (κ3) is 2.59. The Hall–Kier alpha value is -2.30. The second-order valence-corrected chi connectivity index (χ2v) is 4.41. The van der Waals surface area contributed by atoms with E-state index in [2.05, 4.69) is 0 Å². The van der Waals surface area contributed by atoms with E-state index in [1.807, 2.05) is 43.3 Å². The Morgan fingerprint density at radius 1 is 1.21 bits per heavy atom. The van der Waals surface area contributed by atoms with Crippen molar-refractivity contribution in [3.63, 3.8) is 0 Å². The summed E-state index contributed by atoms with van der Waals surface area (Å²) in [6.07, 6.45) is 0.971. The van der Waals surface area contributed by atoms with Gasteiger partial charge in [0.1, 0.15) is 0 Å². The highest BCUT2D eigenvalue weighted by Crippen LogP contribution is 2.20. The first-order valence-corrected chi connectivity index (χ1v) is 6.05. The van der Waals surface area contributed by atoms with Crippen LogP contribution in [0.1, 0.15) is 12.5 Å². The number of nitrogens with zero attached hydrogens (tertiary/aromatic N) is 2. The molecule has 2 amide bonds. The summed E-state index contributed by atoms with van der Waals surface area (Å²) in [6.45, 7) is 2.04. The summed E-state index contributed by atoms with van der Waals surface area (Å²) < 4.78 is 4.95. The lowest BCUT2D eigenvalue weighted by atomic mass is 10.1. The molecule has 1 aromatic carbocycles. The maximum absolute atomic E-state index is 11.8. The van der Waals surface area contributed by atoms with Gasteiger partial charge < -0.3 is 9.64 Å². The number of ether oxygens (including phenoxy) is 1. The zero-order valence-corrected chi connectivity index (χ0v) is 11.2. The molecule has 1 aliphatic heterocycles. The largest absolute Gasteiger partial charge is 0.422 e. The zero-order chi connectivity index (χ0) is 14.0. The quantitative estimate of drug-likeness (QED) is 0.781. The van der Waals surface area contributed by atoms with Crippen molar-refractivity contribution in [1.29, 1.82) is 0 Å². The molecule has 0 bridgehead atoms. The number of hydrogen-bond acceptors (Lipinski definition) is 4. The molecule has 1 fully saturated rings. The van der Waals surface area contributed by atoms with Gasteiger partial charge >= 0.3 is 6.09 Å². The number of carbonyl (C=O) groups is 2. The first-order chi connectivity index (χ1) is 9.02. The van der Waals surface area contributed by atoms with Crippen LogP contribution in [0, 0.1) is 0 Å². The average Bonchev–Trinajstić information content (AvgIpc) is 2.64. The topological polar surface area (TPSA) is 49.9 Å². The minimum absolute atomic E-state index is 0.0736. The number of likely N-dealkylation sites (N-methyl/N-ethyl adjacent to an activating group) is 1. The Bertz CT molecular complexity index is 532. The van der Waals surface area contributed by atoms with Gasteiger partial charge in [-0.2, -0.15) is 0 Å². The Balaban J connectivity index is 2.22. The van der Waals surface area contributed by atoms with E-state index in [-0.39, 0.29) is 11.7 Å². The van der Waals surface area contributed by atoms with Crippen LogP contribution in [0.3, 0.4) is 0 Å². The van der Waals surface area contributed by atoms with Crippen molar-refractivity contribution in [2.75, 3.05) is 25.5 Å². The first-order valence-electron chi connectivity index (χ1n) is 6.05. The van der Waals surface area contributed by atoms with E-state index in [1.54, 1.807) is 13.0 Å². The molecule has 1 aromatic rings. The van der Waals surface area contributed by atoms with Crippen LogP contribution < -0.4 is 4.90 Å². The second-order valence-electron chi connectivity index (χ2n) is 4.41. The van der Waals surface area contributed by atoms with Gasteiger partial charge in [-0.15, -0.1) is 0 Å². The molecule has 19 heavy (non-hydrogen) atoms. The van der Waals surface area contributed by atoms with Gasteiger partial charge in [0.15, 0.2) is 5.76 Å². The van der Waals surface area contributed by atoms with E-state index in [0.29, 0.717) is 6.54 Å². The molecule has 5 heteroatoms. The summed E-state index contributed by atoms with van der Waals surface area (Å²) in [6, 6.07) is 7.62. The zero-order valence-electron chi connectivity index (χ0n) is 11.2. The SMILES string of the molecule is CCN1C(=O)OC(=Cc2ccc(N(C)C)cc2)C1=O. The lowest BCUT2D eigenvalue weighted by Crippen LogP contribution is -2.28. The van der Waals surface area contributed by atoms with Gasteiger partial charge in [-0.1, -0.05) is 12.1 Å². The highest BCUT2D eigenvalue weighted by Gasteiger charge is 2.34. The van der Waals surface area contributed by atoms with Crippen molar-refractivity contribution in [2.24, 2.45) is 0 Å². The van der Waals surface area contributed by atoms with E-state index in [1.165, 1.54) is 0 Å². The van der Waals surface area contributed by atoms with E-state index in [9.17, 15) is 9.59 Å². The maximum atomic E-state index is 11.8. The summed E-state index contributed by atoms with van der Waals surface area (Å²) in [4.78, 5) is 26.3. The predicted octanol–water partition coefficient (Wildman–Crippen LogP) is 2.09. The van der Waals surface area contributed by atoms with Gasteiger partial charge in [0.05, 0.1) is 0 Å². The normalized spacial score (nSPS) is 17.0. The van der Waals surface area contributed by atoms with Crippen molar-refractivity contribution >= 4 is 23.8 Å². The highest BCUT2D eigenvalue weighted by atomic mass is 16.6. The molecule has 0 atom stereocenters. The third-order valence-corrected chi connectivity index (χ3v) is 2.90. The van der Waals surface area contributed by atoms with Crippen molar-refractivity contribution in [3.05, 3.63) is 35.6 Å². The standard InChI is InChI=1S/C14H16N2O3/c1-4-16-13(17)12(19-14(16)18)9-10-5-7-11(8-6-10)15(2)3/h5-9H,4H2,1-3H3. The molecule has 0 N–H and O–H groups in total. The van der Waals surface area contributed by atoms with Crippen molar-refractivity contribution in [1.82, 2.24) is 4.90 Å². The lowest BCUT2D eigenvalue weighted by Gasteiger charge is -2.11. The number of hydrogen-bond donors (Lipinski definition) is 0. The maximum Gasteiger partial charge on any atom is 0.422 e. The van der Waals surface area contributed by atoms with Crippen LogP contribution in [0.25, 0.3) is 6.08 Å². The number of imide groups is 1. The minimum atomic E-state index is -0.608. The summed E-state index contributed by atoms with van der Waals surface area (Å²) >= 11 is 0. The van der Waals surface area contributed by atoms with Crippen molar-refractivity contribution in [3.8, 4) is 0 Å². The fraction of sp³-hybridized carbons (Fsp3) is 0.286. The van der Waals surface area contributed by atoms with Crippen molar-refractivity contribution < 1.29 is 14.3 Å². The smallest absolute Gasteiger partial charge is 0.404 e. The fourth-order valence-electron chi connectivity index (χ4n) is 1.79. The Kier molecular flexibility index (Phi) is 3.55. The average molecular weight is 260 g/mol. The molecule has 0 saturated carbocycles. The number of carbonyl (C=O) groups excluding carboxylic acids is 2. The predicted molar refractivity (Wildman–Crippen MR) is 72.6 cm³/mol. The second kappa shape index (κ2) is 5.14. The van der Waals surface area contributed by atoms with E-state index in [0.717, 1.165) is 16.2 Å². The summed E-state index contributed by atoms with van der Waals surface area (Å²) in [7, 11) is 3.91. The Morgan fingerprint density at radius 3 is 2.32 bits per heavy atom. The molecule has 1 aliphatic rings. The molecule has 0 radical (unpaired) electrons. The third-order valence-electron chi connectivity index (χ3n) is 2.90. The molecule has 0 aliphatic carbocycles. The number of amides is 2. The van der Waals surface area contributed by atoms with Gasteiger partial charge in [-0.3, -0.25) is 4.79 Å². The van der Waals surface area contributed by atoms with Crippen LogP contribution in [0.2, 0.25) is 0 Å². The minimum Gasteiger partial charge on any atom is -0.404 e. The van der Waals surface area contributed by atoms with E-state index in [4.69, 9.17) is 4.74 Å². The first kappa shape index (κ1) is 13.1. The molecular weight excluding hydrogens is 244 g/mol. The molecular formula is C14H16N2O3. The van der Waals surface area contributed by atoms with Crippen LogP contribution in [0.4, 0.5) is 10.5 Å². The highest BCUT2D eigenvalue weighted by molar-refractivity contribution is 6.09.